The summed E-state index contributed by atoms with van der Waals surface area (Å²) in [5, 5.41) is 16.1. The van der Waals surface area contributed by atoms with Crippen LogP contribution in [0.3, 0.4) is 0 Å². The lowest BCUT2D eigenvalue weighted by atomic mass is 9.70. The molecule has 0 saturated heterocycles. The van der Waals surface area contributed by atoms with E-state index in [1.807, 2.05) is 0 Å². The SMILES string of the molecule is CC(C)(C)C1CCC(C(=O)O)CC1.CC(C)(C)C1CCC(Cl)CC1.CC(C)(C)C1CCC(NS(C)(=O)=O)CC1.CNC1CCC(C(C)(C)C)CC1.CNC1CCC(CC(C)(C)C)CC1. The normalized spacial score (nSPS) is 30.9. The summed E-state index contributed by atoms with van der Waals surface area (Å²) in [6.07, 6.45) is 27.1. The highest BCUT2D eigenvalue weighted by atomic mass is 35.5. The van der Waals surface area contributed by atoms with E-state index in [1.165, 1.54) is 89.7 Å². The summed E-state index contributed by atoms with van der Waals surface area (Å²) in [4.78, 5) is 10.7. The number of aliphatic carboxylic acids is 1. The smallest absolute Gasteiger partial charge is 0.306 e. The van der Waals surface area contributed by atoms with Crippen molar-refractivity contribution in [1.29, 1.82) is 0 Å². The Morgan fingerprint density at radius 3 is 1.03 bits per heavy atom. The molecular weight excluding hydrogens is 834 g/mol. The van der Waals surface area contributed by atoms with Crippen LogP contribution in [0.4, 0.5) is 0 Å². The quantitative estimate of drug-likeness (QED) is 0.198. The molecule has 0 aromatic rings. The Balaban J connectivity index is 0.000000401. The van der Waals surface area contributed by atoms with Crippen molar-refractivity contribution in [3.63, 3.8) is 0 Å². The van der Waals surface area contributed by atoms with Crippen LogP contribution in [0.5, 0.6) is 0 Å². The standard InChI is InChI=1S/C12H25N.C11H23NO2S.C11H23N.C11H20O2.C10H19Cl/c1-12(2,3)9-10-5-7-11(13-4)8-6-10;1-11(2,3)9-5-7-10(8-6-9)12-15(4,13)14;1-11(2,3)9-5-7-10(12-4)8-6-9;1-11(2,3)9-6-4-8(5-7-9)10(12)13;1-10(2,3)8-4-6-9(11)7-5-8/h10-11,13H,5-9H2,1-4H3;9-10,12H,5-8H2,1-4H3;9-10,12H,5-8H2,1-4H3;8-9H,4-7H2,1-3H3,(H,12,13);8-9H,4-7H2,1-3H3. The molecule has 0 amide bonds. The fourth-order valence-corrected chi connectivity index (χ4v) is 12.4. The van der Waals surface area contributed by atoms with Gasteiger partial charge in [0.15, 0.2) is 0 Å². The Kier molecular flexibility index (Phi) is 26.7. The van der Waals surface area contributed by atoms with Gasteiger partial charge in [-0.2, -0.15) is 0 Å². The minimum atomic E-state index is -3.03. The number of carboxylic acid groups (broad SMARTS) is 1. The van der Waals surface area contributed by atoms with E-state index in [0.29, 0.717) is 38.4 Å². The van der Waals surface area contributed by atoms with Crippen molar-refractivity contribution in [2.24, 2.45) is 62.6 Å². The van der Waals surface area contributed by atoms with Crippen molar-refractivity contribution in [2.75, 3.05) is 20.4 Å². The lowest BCUT2D eigenvalue weighted by molar-refractivity contribution is -0.143. The lowest BCUT2D eigenvalue weighted by Crippen LogP contribution is -2.38. The fraction of sp³-hybridized carbons (Fsp3) is 0.982. The zero-order valence-electron chi connectivity index (χ0n) is 45.6. The highest BCUT2D eigenvalue weighted by molar-refractivity contribution is 7.88. The van der Waals surface area contributed by atoms with Crippen LogP contribution in [0.15, 0.2) is 0 Å². The predicted molar refractivity (Wildman–Crippen MR) is 280 cm³/mol. The van der Waals surface area contributed by atoms with Gasteiger partial charge in [-0.05, 0) is 206 Å². The molecule has 0 aliphatic heterocycles. The topological polar surface area (TPSA) is 108 Å². The molecule has 0 unspecified atom stereocenters. The van der Waals surface area contributed by atoms with Crippen molar-refractivity contribution in [3.05, 3.63) is 0 Å². The van der Waals surface area contributed by atoms with Crippen LogP contribution in [-0.4, -0.2) is 63.3 Å². The predicted octanol–water partition coefficient (Wildman–Crippen LogP) is 14.9. The number of carboxylic acids is 1. The van der Waals surface area contributed by atoms with Crippen LogP contribution in [0, 0.1) is 62.6 Å². The Morgan fingerprint density at radius 1 is 0.484 bits per heavy atom. The number of nitrogens with one attached hydrogen (secondary N) is 3. The van der Waals surface area contributed by atoms with Gasteiger partial charge in [0, 0.05) is 23.5 Å². The molecule has 5 aliphatic carbocycles. The molecule has 0 bridgehead atoms. The van der Waals surface area contributed by atoms with Crippen molar-refractivity contribution in [2.45, 2.75) is 262 Å². The molecular formula is C55H110ClN3O4S. The molecule has 9 heteroatoms. The summed E-state index contributed by atoms with van der Waals surface area (Å²) in [5.41, 5.74) is 2.26. The highest BCUT2D eigenvalue weighted by Crippen LogP contribution is 2.42. The number of halogens is 1. The van der Waals surface area contributed by atoms with Gasteiger partial charge in [-0.3, -0.25) is 4.79 Å². The van der Waals surface area contributed by atoms with E-state index >= 15 is 0 Å². The Hall–Kier alpha value is -0.410. The van der Waals surface area contributed by atoms with E-state index in [0.717, 1.165) is 87.1 Å². The summed E-state index contributed by atoms with van der Waals surface area (Å²) >= 11 is 6.03. The highest BCUT2D eigenvalue weighted by Gasteiger charge is 2.34. The largest absolute Gasteiger partial charge is 0.481 e. The first-order valence-corrected chi connectivity index (χ1v) is 28.7. The molecule has 5 rings (SSSR count). The van der Waals surface area contributed by atoms with E-state index in [2.05, 4.69) is 133 Å². The first-order valence-electron chi connectivity index (χ1n) is 26.3. The number of sulfonamides is 1. The molecule has 0 heterocycles. The Bertz CT molecular complexity index is 1350. The number of hydrogen-bond donors (Lipinski definition) is 4. The van der Waals surface area contributed by atoms with Gasteiger partial charge < -0.3 is 15.7 Å². The van der Waals surface area contributed by atoms with E-state index in [-0.39, 0.29) is 12.0 Å². The van der Waals surface area contributed by atoms with Gasteiger partial charge >= 0.3 is 5.97 Å². The van der Waals surface area contributed by atoms with Crippen LogP contribution in [-0.2, 0) is 14.8 Å². The van der Waals surface area contributed by atoms with E-state index in [1.54, 1.807) is 0 Å². The van der Waals surface area contributed by atoms with E-state index in [4.69, 9.17) is 16.7 Å². The third-order valence-electron chi connectivity index (χ3n) is 16.0. The van der Waals surface area contributed by atoms with Crippen LogP contribution in [0.25, 0.3) is 0 Å². The maximum absolute atomic E-state index is 11.1. The number of alkyl halides is 1. The van der Waals surface area contributed by atoms with E-state index < -0.39 is 16.0 Å². The minimum Gasteiger partial charge on any atom is -0.481 e. The zero-order chi connectivity index (χ0) is 49.3. The minimum absolute atomic E-state index is 0.0707. The van der Waals surface area contributed by atoms with Crippen LogP contribution in [0.2, 0.25) is 0 Å². The second-order valence-electron chi connectivity index (χ2n) is 26.8. The molecule has 0 aromatic heterocycles. The molecule has 64 heavy (non-hydrogen) atoms. The molecule has 0 atom stereocenters. The molecule has 0 aromatic carbocycles. The van der Waals surface area contributed by atoms with E-state index in [9.17, 15) is 13.2 Å². The van der Waals surface area contributed by atoms with Crippen molar-refractivity contribution in [3.8, 4) is 0 Å². The summed E-state index contributed by atoms with van der Waals surface area (Å²) in [5.74, 6) is 3.60. The van der Waals surface area contributed by atoms with Gasteiger partial charge in [-0.1, -0.05) is 104 Å². The van der Waals surface area contributed by atoms with Crippen molar-refractivity contribution >= 4 is 27.6 Å². The maximum atomic E-state index is 11.1. The van der Waals surface area contributed by atoms with Crippen LogP contribution >= 0.6 is 11.6 Å². The third kappa shape index (κ3) is 27.0. The lowest BCUT2D eigenvalue weighted by Gasteiger charge is -2.36. The first-order chi connectivity index (χ1) is 29.1. The summed E-state index contributed by atoms with van der Waals surface area (Å²) in [6, 6.07) is 1.76. The first kappa shape index (κ1) is 61.6. The van der Waals surface area contributed by atoms with Gasteiger partial charge in [0.2, 0.25) is 10.0 Å². The molecule has 5 saturated carbocycles. The van der Waals surface area contributed by atoms with Gasteiger partial charge in [0.1, 0.15) is 0 Å². The second kappa shape index (κ2) is 27.7. The molecule has 5 aliphatic rings. The van der Waals surface area contributed by atoms with Crippen molar-refractivity contribution < 1.29 is 18.3 Å². The molecule has 382 valence electrons. The average molecular weight is 945 g/mol. The van der Waals surface area contributed by atoms with Gasteiger partial charge in [-0.25, -0.2) is 13.1 Å². The molecule has 4 N–H and O–H groups in total. The average Bonchev–Trinajstić information content (AvgIpc) is 3.17. The van der Waals surface area contributed by atoms with Gasteiger partial charge in [0.25, 0.3) is 0 Å². The summed E-state index contributed by atoms with van der Waals surface area (Å²) < 4.78 is 24.8. The monoisotopic (exact) mass is 944 g/mol. The second-order valence-corrected chi connectivity index (χ2v) is 29.2. The molecule has 5 fully saturated rings. The number of hydrogen-bond acceptors (Lipinski definition) is 5. The van der Waals surface area contributed by atoms with Gasteiger partial charge in [-0.15, -0.1) is 11.6 Å². The molecule has 7 nitrogen and oxygen atoms in total. The summed E-state index contributed by atoms with van der Waals surface area (Å²) in [6.45, 7) is 34.8. The van der Waals surface area contributed by atoms with Crippen LogP contribution in [0.1, 0.15) is 239 Å². The third-order valence-corrected chi connectivity index (χ3v) is 17.2. The zero-order valence-corrected chi connectivity index (χ0v) is 47.2. The maximum Gasteiger partial charge on any atom is 0.306 e. The Labute approximate surface area is 404 Å². The summed E-state index contributed by atoms with van der Waals surface area (Å²) in [7, 11) is 1.15. The fourth-order valence-electron chi connectivity index (χ4n) is 11.3. The van der Waals surface area contributed by atoms with Crippen LogP contribution < -0.4 is 15.4 Å². The molecule has 0 spiro atoms. The van der Waals surface area contributed by atoms with Crippen molar-refractivity contribution in [1.82, 2.24) is 15.4 Å². The van der Waals surface area contributed by atoms with Gasteiger partial charge in [0.05, 0.1) is 12.2 Å². The number of carbonyl (C=O) groups is 1. The Morgan fingerprint density at radius 2 is 0.766 bits per heavy atom. The molecule has 0 radical (unpaired) electrons. The number of rotatable bonds is 6.